The van der Waals surface area contributed by atoms with Crippen molar-refractivity contribution in [1.29, 1.82) is 0 Å². The standard InChI is InChI=1S/C17H21N3O3S/c1-11-5-3-6-12(2)19(11)10-15-16(18-17(21)24-15)13-7-4-8-14(9-13)20(22)23/h4,7-9,11-12H,3,5-6,10H2,1-2H3,(H,18,21). The van der Waals surface area contributed by atoms with E-state index >= 15 is 0 Å². The van der Waals surface area contributed by atoms with Crippen molar-refractivity contribution in [2.75, 3.05) is 0 Å². The average Bonchev–Trinajstić information content (AvgIpc) is 2.92. The fourth-order valence-electron chi connectivity index (χ4n) is 3.43. The summed E-state index contributed by atoms with van der Waals surface area (Å²) in [5.74, 6) is 0. The molecule has 0 aliphatic carbocycles. The maximum absolute atomic E-state index is 11.9. The number of non-ortho nitro benzene ring substituents is 1. The number of aromatic amines is 1. The number of nitrogens with zero attached hydrogens (tertiary/aromatic N) is 2. The van der Waals surface area contributed by atoms with Crippen molar-refractivity contribution in [3.63, 3.8) is 0 Å². The Morgan fingerprint density at radius 3 is 2.71 bits per heavy atom. The summed E-state index contributed by atoms with van der Waals surface area (Å²) in [6.07, 6.45) is 3.56. The highest BCUT2D eigenvalue weighted by molar-refractivity contribution is 7.09. The zero-order valence-corrected chi connectivity index (χ0v) is 14.6. The Morgan fingerprint density at radius 2 is 2.04 bits per heavy atom. The SMILES string of the molecule is CC1CCCC(C)N1Cc1sc(=O)[nH]c1-c1cccc([N+](=O)[O-])c1. The van der Waals surface area contributed by atoms with Crippen LogP contribution in [0.4, 0.5) is 5.69 Å². The fraction of sp³-hybridized carbons (Fsp3) is 0.471. The molecular weight excluding hydrogens is 326 g/mol. The van der Waals surface area contributed by atoms with Gasteiger partial charge in [0, 0.05) is 41.2 Å². The summed E-state index contributed by atoms with van der Waals surface area (Å²) >= 11 is 1.20. The molecule has 6 nitrogen and oxygen atoms in total. The van der Waals surface area contributed by atoms with Crippen molar-refractivity contribution in [2.45, 2.75) is 51.7 Å². The highest BCUT2D eigenvalue weighted by atomic mass is 32.1. The molecule has 0 bridgehead atoms. The summed E-state index contributed by atoms with van der Waals surface area (Å²) in [5.41, 5.74) is 1.43. The normalized spacial score (nSPS) is 21.8. The van der Waals surface area contributed by atoms with Gasteiger partial charge in [0.25, 0.3) is 5.69 Å². The molecule has 1 fully saturated rings. The molecule has 2 unspecified atom stereocenters. The van der Waals surface area contributed by atoms with Gasteiger partial charge < -0.3 is 4.98 Å². The lowest BCUT2D eigenvalue weighted by Crippen LogP contribution is -2.42. The van der Waals surface area contributed by atoms with E-state index < -0.39 is 4.92 Å². The van der Waals surface area contributed by atoms with Crippen LogP contribution in [0.1, 0.15) is 38.0 Å². The third-order valence-corrected chi connectivity index (χ3v) is 5.64. The maximum atomic E-state index is 11.9. The first-order valence-electron chi connectivity index (χ1n) is 8.18. The number of benzene rings is 1. The molecule has 1 aromatic heterocycles. The van der Waals surface area contributed by atoms with E-state index in [4.69, 9.17) is 0 Å². The van der Waals surface area contributed by atoms with E-state index in [1.807, 2.05) is 0 Å². The number of hydrogen-bond acceptors (Lipinski definition) is 5. The maximum Gasteiger partial charge on any atom is 0.305 e. The lowest BCUT2D eigenvalue weighted by molar-refractivity contribution is -0.384. The van der Waals surface area contributed by atoms with Gasteiger partial charge in [-0.15, -0.1) is 0 Å². The Balaban J connectivity index is 1.95. The van der Waals surface area contributed by atoms with Gasteiger partial charge >= 0.3 is 4.87 Å². The van der Waals surface area contributed by atoms with Crippen LogP contribution in [0.5, 0.6) is 0 Å². The monoisotopic (exact) mass is 347 g/mol. The number of rotatable bonds is 4. The topological polar surface area (TPSA) is 79.2 Å². The van der Waals surface area contributed by atoms with E-state index in [0.717, 1.165) is 17.7 Å². The molecule has 2 aromatic rings. The van der Waals surface area contributed by atoms with Crippen LogP contribution < -0.4 is 4.87 Å². The van der Waals surface area contributed by atoms with Crippen molar-refractivity contribution < 1.29 is 4.92 Å². The Kier molecular flexibility index (Phi) is 4.82. The second kappa shape index (κ2) is 6.86. The Bertz CT molecular complexity index is 788. The molecule has 1 aliphatic heterocycles. The molecule has 24 heavy (non-hydrogen) atoms. The lowest BCUT2D eigenvalue weighted by Gasteiger charge is -2.38. The molecule has 3 rings (SSSR count). The fourth-order valence-corrected chi connectivity index (χ4v) is 4.29. The van der Waals surface area contributed by atoms with E-state index in [2.05, 4.69) is 23.7 Å². The van der Waals surface area contributed by atoms with Crippen molar-refractivity contribution in [1.82, 2.24) is 9.88 Å². The van der Waals surface area contributed by atoms with Crippen molar-refractivity contribution in [2.24, 2.45) is 0 Å². The van der Waals surface area contributed by atoms with Crippen molar-refractivity contribution in [3.8, 4) is 11.3 Å². The molecule has 2 atom stereocenters. The molecule has 0 spiro atoms. The first-order valence-corrected chi connectivity index (χ1v) is 9.00. The minimum Gasteiger partial charge on any atom is -0.312 e. The van der Waals surface area contributed by atoms with Crippen LogP contribution in [0.25, 0.3) is 11.3 Å². The molecule has 7 heteroatoms. The molecule has 1 aliphatic rings. The smallest absolute Gasteiger partial charge is 0.305 e. The highest BCUT2D eigenvalue weighted by Crippen LogP contribution is 2.31. The third kappa shape index (κ3) is 3.42. The Hall–Kier alpha value is -1.99. The van der Waals surface area contributed by atoms with E-state index in [0.29, 0.717) is 29.9 Å². The molecule has 0 saturated carbocycles. The molecule has 128 valence electrons. The number of likely N-dealkylation sites (tertiary alicyclic amines) is 1. The predicted molar refractivity (Wildman–Crippen MR) is 95.3 cm³/mol. The molecular formula is C17H21N3O3S. The largest absolute Gasteiger partial charge is 0.312 e. The summed E-state index contributed by atoms with van der Waals surface area (Å²) in [5, 5.41) is 11.0. The second-order valence-corrected chi connectivity index (χ2v) is 7.49. The lowest BCUT2D eigenvalue weighted by atomic mass is 9.97. The Morgan fingerprint density at radius 1 is 1.33 bits per heavy atom. The molecule has 0 radical (unpaired) electrons. The van der Waals surface area contributed by atoms with Crippen molar-refractivity contribution in [3.05, 3.63) is 48.9 Å². The summed E-state index contributed by atoms with van der Waals surface area (Å²) in [7, 11) is 0. The van der Waals surface area contributed by atoms with Gasteiger partial charge in [0.1, 0.15) is 0 Å². The molecule has 1 N–H and O–H groups in total. The summed E-state index contributed by atoms with van der Waals surface area (Å²) in [4.78, 5) is 28.6. The minimum atomic E-state index is -0.414. The molecule has 1 aromatic carbocycles. The van der Waals surface area contributed by atoms with Crippen LogP contribution in [0.15, 0.2) is 29.1 Å². The van der Waals surface area contributed by atoms with Gasteiger partial charge in [-0.05, 0) is 26.7 Å². The number of nitrogens with one attached hydrogen (secondary N) is 1. The molecule has 2 heterocycles. The van der Waals surface area contributed by atoms with Gasteiger partial charge in [0.2, 0.25) is 0 Å². The van der Waals surface area contributed by atoms with Gasteiger partial charge in [0.05, 0.1) is 10.6 Å². The number of aromatic nitrogens is 1. The summed E-state index contributed by atoms with van der Waals surface area (Å²) in [6, 6.07) is 7.39. The second-order valence-electron chi connectivity index (χ2n) is 6.42. The zero-order valence-electron chi connectivity index (χ0n) is 13.8. The van der Waals surface area contributed by atoms with Gasteiger partial charge in [-0.3, -0.25) is 19.8 Å². The number of hydrogen-bond donors (Lipinski definition) is 1. The van der Waals surface area contributed by atoms with Crippen LogP contribution in [-0.2, 0) is 6.54 Å². The number of thiazole rings is 1. The van der Waals surface area contributed by atoms with Crippen LogP contribution in [0, 0.1) is 10.1 Å². The van der Waals surface area contributed by atoms with Gasteiger partial charge in [0.15, 0.2) is 0 Å². The van der Waals surface area contributed by atoms with Crippen molar-refractivity contribution >= 4 is 17.0 Å². The first-order chi connectivity index (χ1) is 11.5. The van der Waals surface area contributed by atoms with Crippen LogP contribution in [-0.4, -0.2) is 26.9 Å². The van der Waals surface area contributed by atoms with E-state index in [-0.39, 0.29) is 10.6 Å². The third-order valence-electron chi connectivity index (χ3n) is 4.77. The number of H-pyrrole nitrogens is 1. The quantitative estimate of drug-likeness (QED) is 0.674. The van der Waals surface area contributed by atoms with E-state index in [1.165, 1.54) is 29.9 Å². The summed E-state index contributed by atoms with van der Waals surface area (Å²) < 4.78 is 0. The average molecular weight is 347 g/mol. The van der Waals surface area contributed by atoms with Crippen LogP contribution >= 0.6 is 11.3 Å². The van der Waals surface area contributed by atoms with E-state index in [9.17, 15) is 14.9 Å². The number of nitro benzene ring substituents is 1. The molecule has 1 saturated heterocycles. The van der Waals surface area contributed by atoms with Gasteiger partial charge in [-0.1, -0.05) is 29.9 Å². The number of piperidine rings is 1. The molecule has 0 amide bonds. The van der Waals surface area contributed by atoms with E-state index in [1.54, 1.807) is 12.1 Å². The predicted octanol–water partition coefficient (Wildman–Crippen LogP) is 3.77. The minimum absolute atomic E-state index is 0.0326. The van der Waals surface area contributed by atoms with Gasteiger partial charge in [-0.25, -0.2) is 0 Å². The summed E-state index contributed by atoms with van der Waals surface area (Å²) in [6.45, 7) is 5.14. The zero-order chi connectivity index (χ0) is 17.3. The van der Waals surface area contributed by atoms with Crippen LogP contribution in [0.2, 0.25) is 0 Å². The first kappa shape index (κ1) is 16.9. The van der Waals surface area contributed by atoms with Gasteiger partial charge in [-0.2, -0.15) is 0 Å². The highest BCUT2D eigenvalue weighted by Gasteiger charge is 2.26. The van der Waals surface area contributed by atoms with Crippen LogP contribution in [0.3, 0.4) is 0 Å². The Labute approximate surface area is 144 Å². The number of nitro groups is 1.